The van der Waals surface area contributed by atoms with Gasteiger partial charge in [0.05, 0.1) is 22.3 Å². The summed E-state index contributed by atoms with van der Waals surface area (Å²) in [6.07, 6.45) is -15.3. The monoisotopic (exact) mass is 444 g/mol. The number of rotatable bonds is 2. The molecule has 0 heterocycles. The lowest BCUT2D eigenvalue weighted by molar-refractivity contribution is -0.143. The van der Waals surface area contributed by atoms with Crippen LogP contribution in [-0.4, -0.2) is 11.9 Å². The Hall–Kier alpha value is -3.25. The highest BCUT2D eigenvalue weighted by atomic mass is 19.4. The lowest BCUT2D eigenvalue weighted by Gasteiger charge is -2.15. The van der Waals surface area contributed by atoms with Crippen LogP contribution >= 0.6 is 0 Å². The molecule has 0 bridgehead atoms. The summed E-state index contributed by atoms with van der Waals surface area (Å²) in [7, 11) is 0. The molecule has 0 fully saturated rings. The Morgan fingerprint density at radius 2 is 1.20 bits per heavy atom. The molecule has 2 aromatic carbocycles. The van der Waals surface area contributed by atoms with Crippen LogP contribution in [0.5, 0.6) is 0 Å². The van der Waals surface area contributed by atoms with Crippen molar-refractivity contribution in [3.8, 4) is 0 Å². The highest BCUT2D eigenvalue weighted by molar-refractivity contribution is 6.08. The van der Waals surface area contributed by atoms with Gasteiger partial charge in [0.1, 0.15) is 0 Å². The molecular weight excluding hydrogens is 435 g/mol. The van der Waals surface area contributed by atoms with Gasteiger partial charge >= 0.3 is 24.6 Å². The predicted molar refractivity (Wildman–Crippen MR) is 84.4 cm³/mol. The summed E-state index contributed by atoms with van der Waals surface area (Å²) in [6.45, 7) is 0. The van der Waals surface area contributed by atoms with Crippen LogP contribution in [0.1, 0.15) is 27.0 Å². The van der Waals surface area contributed by atoms with Crippen LogP contribution in [0, 0.1) is 0 Å². The number of alkyl halides is 9. The zero-order valence-electron chi connectivity index (χ0n) is 14.3. The second-order valence-corrected chi connectivity index (χ2v) is 5.75. The Labute approximate surface area is 161 Å². The van der Waals surface area contributed by atoms with Crippen LogP contribution in [0.4, 0.5) is 50.0 Å². The summed E-state index contributed by atoms with van der Waals surface area (Å²) in [4.78, 5) is 23.7. The molecule has 30 heavy (non-hydrogen) atoms. The molecule has 0 aliphatic heterocycles. The number of hydrogen-bond donors (Lipinski definition) is 2. The molecule has 13 heteroatoms. The number of nitrogens with one attached hydrogen (secondary N) is 2. The van der Waals surface area contributed by atoms with Crippen molar-refractivity contribution >= 4 is 17.6 Å². The Morgan fingerprint density at radius 1 is 0.700 bits per heavy atom. The van der Waals surface area contributed by atoms with Crippen LogP contribution in [0.25, 0.3) is 0 Å². The third-order valence-corrected chi connectivity index (χ3v) is 3.55. The molecule has 2 aromatic rings. The molecule has 2 rings (SSSR count). The molecule has 0 aliphatic carbocycles. The van der Waals surface area contributed by atoms with Gasteiger partial charge in [-0.25, -0.2) is 4.79 Å². The quantitative estimate of drug-likeness (QED) is 0.584. The maximum Gasteiger partial charge on any atom is 0.417 e. The number of hydrogen-bond acceptors (Lipinski definition) is 2. The fourth-order valence-corrected chi connectivity index (χ4v) is 2.29. The Balaban J connectivity index is 2.28. The van der Waals surface area contributed by atoms with E-state index in [9.17, 15) is 49.1 Å². The number of benzene rings is 2. The lowest BCUT2D eigenvalue weighted by atomic mass is 10.1. The summed E-state index contributed by atoms with van der Waals surface area (Å²) in [5.41, 5.74) is -6.82. The van der Waals surface area contributed by atoms with Gasteiger partial charge in [-0.05, 0) is 30.3 Å². The molecule has 0 spiro atoms. The van der Waals surface area contributed by atoms with Gasteiger partial charge < -0.3 is 5.32 Å². The molecule has 0 saturated carbocycles. The molecule has 0 unspecified atom stereocenters. The summed E-state index contributed by atoms with van der Waals surface area (Å²) in [5, 5.41) is 3.00. The molecule has 0 aliphatic rings. The number of carbonyl (C=O) groups is 2. The minimum absolute atomic E-state index is 0.170. The SMILES string of the molecule is O=C(NC(=O)c1ccccc1C(F)(F)F)Nc1cc(C(F)(F)F)cc(C(F)(F)F)c1. The van der Waals surface area contributed by atoms with Crippen molar-refractivity contribution in [2.45, 2.75) is 18.5 Å². The zero-order chi connectivity index (χ0) is 22.9. The lowest BCUT2D eigenvalue weighted by Crippen LogP contribution is -2.35. The fraction of sp³-hybridized carbons (Fsp3) is 0.176. The fourth-order valence-electron chi connectivity index (χ4n) is 2.29. The van der Waals surface area contributed by atoms with Crippen LogP contribution < -0.4 is 10.6 Å². The summed E-state index contributed by atoms with van der Waals surface area (Å²) < 4.78 is 116. The van der Waals surface area contributed by atoms with Gasteiger partial charge in [-0.2, -0.15) is 39.5 Å². The van der Waals surface area contributed by atoms with Crippen molar-refractivity contribution in [1.29, 1.82) is 0 Å². The number of anilines is 1. The van der Waals surface area contributed by atoms with E-state index in [2.05, 4.69) is 0 Å². The highest BCUT2D eigenvalue weighted by Gasteiger charge is 2.37. The molecule has 0 aromatic heterocycles. The normalized spacial score (nSPS) is 12.4. The second-order valence-electron chi connectivity index (χ2n) is 5.75. The van der Waals surface area contributed by atoms with E-state index in [1.807, 2.05) is 0 Å². The molecule has 3 amide bonds. The molecule has 4 nitrogen and oxygen atoms in total. The summed E-state index contributed by atoms with van der Waals surface area (Å²) in [5.74, 6) is -1.57. The van der Waals surface area contributed by atoms with E-state index in [1.54, 1.807) is 5.32 Å². The maximum absolute atomic E-state index is 12.9. The molecule has 0 radical (unpaired) electrons. The third kappa shape index (κ3) is 5.64. The van der Waals surface area contributed by atoms with E-state index in [0.717, 1.165) is 18.2 Å². The van der Waals surface area contributed by atoms with E-state index < -0.39 is 58.4 Å². The first kappa shape index (κ1) is 23.0. The van der Waals surface area contributed by atoms with Crippen molar-refractivity contribution < 1.29 is 49.1 Å². The smallest absolute Gasteiger partial charge is 0.308 e. The standard InChI is InChI=1S/C17H9F9N2O2/c18-15(19,20)8-5-9(16(21,22)23)7-10(6-8)27-14(30)28-13(29)11-3-1-2-4-12(11)17(24,25)26/h1-7H,(H2,27,28,29,30). The molecule has 162 valence electrons. The molecule has 0 atom stereocenters. The number of carbonyl (C=O) groups excluding carboxylic acids is 2. The van der Waals surface area contributed by atoms with Crippen molar-refractivity contribution in [2.75, 3.05) is 5.32 Å². The van der Waals surface area contributed by atoms with Gasteiger partial charge in [0.25, 0.3) is 5.91 Å². The second kappa shape index (κ2) is 7.88. The van der Waals surface area contributed by atoms with Crippen molar-refractivity contribution in [2.24, 2.45) is 0 Å². The van der Waals surface area contributed by atoms with Gasteiger partial charge in [-0.1, -0.05) is 12.1 Å². The average Bonchev–Trinajstić information content (AvgIpc) is 2.59. The number of amides is 3. The van der Waals surface area contributed by atoms with Gasteiger partial charge in [-0.3, -0.25) is 10.1 Å². The van der Waals surface area contributed by atoms with E-state index in [-0.39, 0.29) is 18.2 Å². The van der Waals surface area contributed by atoms with Gasteiger partial charge in [0.15, 0.2) is 0 Å². The first-order valence-electron chi connectivity index (χ1n) is 7.67. The molecule has 2 N–H and O–H groups in total. The van der Waals surface area contributed by atoms with Crippen molar-refractivity contribution in [1.82, 2.24) is 5.32 Å². The number of imide groups is 1. The van der Waals surface area contributed by atoms with Crippen molar-refractivity contribution in [3.05, 3.63) is 64.7 Å². The Morgan fingerprint density at radius 3 is 1.67 bits per heavy atom. The first-order valence-corrected chi connectivity index (χ1v) is 7.67. The maximum atomic E-state index is 12.9. The van der Waals surface area contributed by atoms with Crippen LogP contribution in [0.15, 0.2) is 42.5 Å². The zero-order valence-corrected chi connectivity index (χ0v) is 14.3. The minimum Gasteiger partial charge on any atom is -0.308 e. The third-order valence-electron chi connectivity index (χ3n) is 3.55. The van der Waals surface area contributed by atoms with E-state index >= 15 is 0 Å². The Bertz CT molecular complexity index is 931. The van der Waals surface area contributed by atoms with Crippen LogP contribution in [0.2, 0.25) is 0 Å². The number of urea groups is 1. The predicted octanol–water partition coefficient (Wildman–Crippen LogP) is 5.70. The summed E-state index contributed by atoms with van der Waals surface area (Å²) >= 11 is 0. The summed E-state index contributed by atoms with van der Waals surface area (Å²) in [6, 6.07) is 1.84. The molecule has 0 saturated heterocycles. The average molecular weight is 444 g/mol. The van der Waals surface area contributed by atoms with E-state index in [0.29, 0.717) is 6.07 Å². The van der Waals surface area contributed by atoms with Crippen LogP contribution in [-0.2, 0) is 18.5 Å². The van der Waals surface area contributed by atoms with Gasteiger partial charge in [0, 0.05) is 5.69 Å². The van der Waals surface area contributed by atoms with Crippen LogP contribution in [0.3, 0.4) is 0 Å². The molecular formula is C17H9F9N2O2. The first-order chi connectivity index (χ1) is 13.6. The number of halogens is 9. The Kier molecular flexibility index (Phi) is 6.05. The highest BCUT2D eigenvalue weighted by Crippen LogP contribution is 2.37. The van der Waals surface area contributed by atoms with Gasteiger partial charge in [-0.15, -0.1) is 0 Å². The largest absolute Gasteiger partial charge is 0.417 e. The van der Waals surface area contributed by atoms with Gasteiger partial charge in [0.2, 0.25) is 0 Å². The van der Waals surface area contributed by atoms with Crippen molar-refractivity contribution in [3.63, 3.8) is 0 Å². The topological polar surface area (TPSA) is 58.2 Å². The minimum atomic E-state index is -5.18. The van der Waals surface area contributed by atoms with E-state index in [1.165, 1.54) is 5.32 Å². The van der Waals surface area contributed by atoms with E-state index in [4.69, 9.17) is 0 Å².